The van der Waals surface area contributed by atoms with Gasteiger partial charge in [-0.15, -0.1) is 0 Å². The molecule has 0 radical (unpaired) electrons. The second kappa shape index (κ2) is 11.1. The van der Waals surface area contributed by atoms with E-state index in [2.05, 4.69) is 67.9 Å². The lowest BCUT2D eigenvalue weighted by Gasteiger charge is -2.51. The molecule has 7 heteroatoms. The quantitative estimate of drug-likeness (QED) is 0.325. The first kappa shape index (κ1) is 24.8. The molecule has 3 aromatic heterocycles. The van der Waals surface area contributed by atoms with Gasteiger partial charge in [0.15, 0.2) is 0 Å². The number of rotatable bonds is 9. The third-order valence-corrected chi connectivity index (χ3v) is 8.25. The number of aromatic nitrogens is 4. The van der Waals surface area contributed by atoms with E-state index in [9.17, 15) is 0 Å². The number of piperidine rings is 3. The Morgan fingerprint density at radius 3 is 2.29 bits per heavy atom. The van der Waals surface area contributed by atoms with Crippen LogP contribution >= 0.6 is 0 Å². The predicted octanol–water partition coefficient (Wildman–Crippen LogP) is 4.77. The van der Waals surface area contributed by atoms with Crippen molar-refractivity contribution in [2.45, 2.75) is 37.9 Å². The van der Waals surface area contributed by atoms with E-state index in [1.54, 1.807) is 7.11 Å². The normalized spacial score (nSPS) is 22.6. The second-order valence-electron chi connectivity index (χ2n) is 10.6. The summed E-state index contributed by atoms with van der Waals surface area (Å²) in [7, 11) is 3.81. The van der Waals surface area contributed by atoms with E-state index in [0.29, 0.717) is 17.9 Å². The Morgan fingerprint density at radius 2 is 1.66 bits per heavy atom. The molecule has 3 fully saturated rings. The molecule has 0 amide bonds. The molecule has 0 spiro atoms. The number of aryl methyl sites for hydroxylation is 1. The zero-order valence-corrected chi connectivity index (χ0v) is 22.3. The van der Waals surface area contributed by atoms with Gasteiger partial charge in [0.25, 0.3) is 0 Å². The molecule has 196 valence electrons. The first-order chi connectivity index (χ1) is 18.7. The maximum absolute atomic E-state index is 5.61. The molecule has 0 saturated carbocycles. The van der Waals surface area contributed by atoms with Crippen LogP contribution in [0.4, 0.5) is 0 Å². The van der Waals surface area contributed by atoms with E-state index in [4.69, 9.17) is 9.84 Å². The average molecular weight is 509 g/mol. The van der Waals surface area contributed by atoms with Gasteiger partial charge < -0.3 is 4.74 Å². The minimum Gasteiger partial charge on any atom is -0.496 e. The molecule has 4 atom stereocenters. The summed E-state index contributed by atoms with van der Waals surface area (Å²) in [4.78, 5) is 14.5. The molecule has 3 saturated heterocycles. The molecule has 0 aliphatic carbocycles. The maximum atomic E-state index is 5.61. The van der Waals surface area contributed by atoms with Gasteiger partial charge in [-0.2, -0.15) is 5.10 Å². The fraction of sp³-hybridized carbons (Fsp3) is 0.387. The smallest absolute Gasteiger partial charge is 0.128 e. The van der Waals surface area contributed by atoms with Crippen LogP contribution in [-0.4, -0.2) is 62.3 Å². The molecule has 3 aliphatic rings. The second-order valence-corrected chi connectivity index (χ2v) is 10.6. The zero-order chi connectivity index (χ0) is 25.9. The Morgan fingerprint density at radius 1 is 0.947 bits per heavy atom. The van der Waals surface area contributed by atoms with Crippen LogP contribution in [0.15, 0.2) is 79.1 Å². The molecule has 6 heterocycles. The van der Waals surface area contributed by atoms with Crippen LogP contribution in [-0.2, 0) is 20.1 Å². The van der Waals surface area contributed by atoms with E-state index in [-0.39, 0.29) is 0 Å². The minimum atomic E-state index is 0.501. The van der Waals surface area contributed by atoms with Crippen molar-refractivity contribution in [2.24, 2.45) is 13.0 Å². The number of benzene rings is 1. The summed E-state index contributed by atoms with van der Waals surface area (Å²) in [6.07, 6.45) is 6.23. The first-order valence-electron chi connectivity index (χ1n) is 13.6. The third kappa shape index (κ3) is 5.22. The SMILES string of the molecule is COc1ccccc1-c1cc([C@H]2CN3CC[C@H]2C[C@@H]3CN(Cc2ccccn2)Cc2ccccn2)n(C)n1. The van der Waals surface area contributed by atoms with Gasteiger partial charge >= 0.3 is 0 Å². The van der Waals surface area contributed by atoms with Crippen molar-refractivity contribution < 1.29 is 4.74 Å². The number of hydrogen-bond acceptors (Lipinski definition) is 6. The van der Waals surface area contributed by atoms with Crippen molar-refractivity contribution in [1.82, 2.24) is 29.5 Å². The standard InChI is InChI=1S/C31H36N6O/c1-35-30(18-29(34-35)27-11-3-4-12-31(27)38-2)28-22-37-16-13-23(28)17-26(37)21-36(19-24-9-5-7-14-32-24)20-25-10-6-8-15-33-25/h3-12,14-15,18,23,26,28H,13,16-17,19-22H2,1-2H3/t23-,26+,28-/m0/s1. The molecule has 2 bridgehead atoms. The van der Waals surface area contributed by atoms with E-state index < -0.39 is 0 Å². The Bertz CT molecular complexity index is 1300. The van der Waals surface area contributed by atoms with Crippen molar-refractivity contribution in [3.05, 3.63) is 96.2 Å². The lowest BCUT2D eigenvalue weighted by atomic mass is 9.74. The van der Waals surface area contributed by atoms with Crippen molar-refractivity contribution in [2.75, 3.05) is 26.7 Å². The van der Waals surface area contributed by atoms with Crippen LogP contribution < -0.4 is 4.74 Å². The van der Waals surface area contributed by atoms with Crippen LogP contribution in [0.5, 0.6) is 5.75 Å². The lowest BCUT2D eigenvalue weighted by molar-refractivity contribution is 0.00727. The molecule has 1 unspecified atom stereocenters. The van der Waals surface area contributed by atoms with E-state index in [1.165, 1.54) is 25.1 Å². The topological polar surface area (TPSA) is 59.3 Å². The third-order valence-electron chi connectivity index (χ3n) is 8.25. The fourth-order valence-electron chi connectivity index (χ4n) is 6.40. The number of ether oxygens (including phenoxy) is 1. The monoisotopic (exact) mass is 508 g/mol. The highest BCUT2D eigenvalue weighted by molar-refractivity contribution is 5.67. The molecular formula is C31H36N6O. The minimum absolute atomic E-state index is 0.501. The zero-order valence-electron chi connectivity index (χ0n) is 22.3. The van der Waals surface area contributed by atoms with Crippen molar-refractivity contribution in [3.8, 4) is 17.0 Å². The van der Waals surface area contributed by atoms with E-state index in [1.807, 2.05) is 42.7 Å². The van der Waals surface area contributed by atoms with Crippen LogP contribution in [0.2, 0.25) is 0 Å². The van der Waals surface area contributed by atoms with Crippen molar-refractivity contribution in [3.63, 3.8) is 0 Å². The molecule has 38 heavy (non-hydrogen) atoms. The summed E-state index contributed by atoms with van der Waals surface area (Å²) >= 11 is 0. The largest absolute Gasteiger partial charge is 0.496 e. The van der Waals surface area contributed by atoms with Gasteiger partial charge in [-0.1, -0.05) is 24.3 Å². The summed E-state index contributed by atoms with van der Waals surface area (Å²) in [6, 6.07) is 23.3. The molecule has 7 rings (SSSR count). The summed E-state index contributed by atoms with van der Waals surface area (Å²) in [5, 5.41) is 4.91. The number of hydrogen-bond donors (Lipinski definition) is 0. The molecule has 7 nitrogen and oxygen atoms in total. The van der Waals surface area contributed by atoms with Crippen LogP contribution in [0.25, 0.3) is 11.3 Å². The Kier molecular flexibility index (Phi) is 7.20. The van der Waals surface area contributed by atoms with E-state index in [0.717, 1.165) is 54.6 Å². The highest BCUT2D eigenvalue weighted by atomic mass is 16.5. The molecule has 4 aromatic rings. The van der Waals surface area contributed by atoms with Gasteiger partial charge in [-0.3, -0.25) is 24.4 Å². The number of pyridine rings is 2. The highest BCUT2D eigenvalue weighted by Crippen LogP contribution is 2.43. The summed E-state index contributed by atoms with van der Waals surface area (Å²) < 4.78 is 7.70. The first-order valence-corrected chi connectivity index (χ1v) is 13.6. The summed E-state index contributed by atoms with van der Waals surface area (Å²) in [6.45, 7) is 4.94. The Labute approximate surface area is 225 Å². The molecular weight excluding hydrogens is 472 g/mol. The Balaban J connectivity index is 1.19. The van der Waals surface area contributed by atoms with Gasteiger partial charge in [0.05, 0.1) is 24.2 Å². The number of nitrogens with zero attached hydrogens (tertiary/aromatic N) is 6. The molecule has 1 aromatic carbocycles. The summed E-state index contributed by atoms with van der Waals surface area (Å²) in [5.41, 5.74) is 5.59. The number of methoxy groups -OCH3 is 1. The molecule has 3 aliphatic heterocycles. The van der Waals surface area contributed by atoms with E-state index >= 15 is 0 Å². The average Bonchev–Trinajstić information content (AvgIpc) is 3.35. The maximum Gasteiger partial charge on any atom is 0.128 e. The van der Waals surface area contributed by atoms with Crippen LogP contribution in [0, 0.1) is 5.92 Å². The van der Waals surface area contributed by atoms with Gasteiger partial charge in [0.2, 0.25) is 0 Å². The fourth-order valence-corrected chi connectivity index (χ4v) is 6.40. The number of fused-ring (bicyclic) bond motifs is 3. The highest BCUT2D eigenvalue weighted by Gasteiger charge is 2.42. The van der Waals surface area contributed by atoms with Crippen LogP contribution in [0.3, 0.4) is 0 Å². The predicted molar refractivity (Wildman–Crippen MR) is 149 cm³/mol. The van der Waals surface area contributed by atoms with Gasteiger partial charge in [0, 0.05) is 68.8 Å². The summed E-state index contributed by atoms with van der Waals surface area (Å²) in [5.74, 6) is 2.03. The van der Waals surface area contributed by atoms with Gasteiger partial charge in [0.1, 0.15) is 5.75 Å². The number of para-hydroxylation sites is 1. The Hall–Kier alpha value is -3.55. The lowest BCUT2D eigenvalue weighted by Crippen LogP contribution is -2.56. The van der Waals surface area contributed by atoms with Crippen molar-refractivity contribution in [1.29, 1.82) is 0 Å². The van der Waals surface area contributed by atoms with Gasteiger partial charge in [-0.05, 0) is 67.8 Å². The van der Waals surface area contributed by atoms with Crippen LogP contribution in [0.1, 0.15) is 35.8 Å². The molecule has 0 N–H and O–H groups in total. The van der Waals surface area contributed by atoms with Crippen molar-refractivity contribution >= 4 is 0 Å². The van der Waals surface area contributed by atoms with Gasteiger partial charge in [-0.25, -0.2) is 0 Å².